The van der Waals surface area contributed by atoms with Crippen LogP contribution in [0, 0.1) is 28.6 Å². The number of nitrogens with one attached hydrogen (secondary N) is 4. The third-order valence-electron chi connectivity index (χ3n) is 13.6. The molecule has 3 aliphatic carbocycles. The van der Waals surface area contributed by atoms with E-state index in [1.807, 2.05) is 37.0 Å². The number of sulfonamides is 1. The quantitative estimate of drug-likeness (QED) is 0.168. The molecule has 13 nitrogen and oxygen atoms in total. The van der Waals surface area contributed by atoms with Gasteiger partial charge < -0.3 is 29.7 Å². The first-order valence-electron chi connectivity index (χ1n) is 20.0. The van der Waals surface area contributed by atoms with Gasteiger partial charge >= 0.3 is 0 Å². The van der Waals surface area contributed by atoms with E-state index in [2.05, 4.69) is 31.4 Å². The molecule has 5 atom stereocenters. The van der Waals surface area contributed by atoms with Crippen molar-refractivity contribution in [2.45, 2.75) is 94.5 Å². The molecular weight excluding hydrogens is 733 g/mol. The first-order chi connectivity index (χ1) is 26.9. The first-order valence-corrected chi connectivity index (χ1v) is 21.5. The molecule has 1 unspecified atom stereocenters. The molecule has 5 aliphatic rings. The van der Waals surface area contributed by atoms with Crippen LogP contribution < -0.4 is 20.1 Å². The van der Waals surface area contributed by atoms with Crippen molar-refractivity contribution < 1.29 is 32.0 Å². The number of benzene rings is 2. The fourth-order valence-electron chi connectivity index (χ4n) is 9.96. The summed E-state index contributed by atoms with van der Waals surface area (Å²) in [6.45, 7) is 4.57. The van der Waals surface area contributed by atoms with Crippen LogP contribution in [0.5, 0.6) is 5.75 Å². The molecule has 3 amide bonds. The minimum atomic E-state index is -4.30. The first kappa shape index (κ1) is 36.8. The van der Waals surface area contributed by atoms with Crippen LogP contribution in [0.15, 0.2) is 63.9 Å². The molecule has 2 aromatic heterocycles. The number of nitrogens with zero attached hydrogens (tertiary/aromatic N) is 2. The van der Waals surface area contributed by atoms with Crippen molar-refractivity contribution in [3.8, 4) is 5.75 Å². The predicted octanol–water partition coefficient (Wildman–Crippen LogP) is 5.83. The molecule has 4 heterocycles. The summed E-state index contributed by atoms with van der Waals surface area (Å²) in [7, 11) is -2.72. The van der Waals surface area contributed by atoms with E-state index in [4.69, 9.17) is 9.15 Å². The second kappa shape index (κ2) is 13.4. The van der Waals surface area contributed by atoms with Crippen LogP contribution in [-0.2, 0) is 30.8 Å². The number of hydrogen-bond acceptors (Lipinski definition) is 9. The van der Waals surface area contributed by atoms with E-state index < -0.39 is 38.8 Å². The Morgan fingerprint density at radius 3 is 2.64 bits per heavy atom. The topological polar surface area (TPSA) is 176 Å². The molecular formula is C42H50N6O7S. The van der Waals surface area contributed by atoms with Gasteiger partial charge in [-0.2, -0.15) is 4.98 Å². The third-order valence-corrected chi connectivity index (χ3v) is 15.0. The summed E-state index contributed by atoms with van der Waals surface area (Å²) in [6.07, 6.45) is 12.7. The summed E-state index contributed by atoms with van der Waals surface area (Å²) in [4.78, 5) is 53.1. The molecule has 1 saturated heterocycles. The zero-order valence-electron chi connectivity index (χ0n) is 32.2. The Bertz CT molecular complexity index is 2380. The molecule has 3 saturated carbocycles. The molecule has 4 fully saturated rings. The fraction of sp³-hybridized carbons (Fsp3) is 0.524. The number of H-pyrrole nitrogens is 1. The Balaban J connectivity index is 0.979. The minimum absolute atomic E-state index is 0.00385. The number of rotatable bonds is 7. The smallest absolute Gasteiger partial charge is 0.296 e. The highest BCUT2D eigenvalue weighted by atomic mass is 32.2. The number of methoxy groups -OCH3 is 1. The van der Waals surface area contributed by atoms with Crippen LogP contribution in [0.25, 0.3) is 22.0 Å². The molecule has 2 bridgehead atoms. The summed E-state index contributed by atoms with van der Waals surface area (Å²) in [5.41, 5.74) is 0.728. The summed E-state index contributed by atoms with van der Waals surface area (Å²) in [5, 5.41) is 7.13. The van der Waals surface area contributed by atoms with E-state index in [1.165, 1.54) is 6.07 Å². The third kappa shape index (κ3) is 6.06. The Kier molecular flexibility index (Phi) is 8.79. The van der Waals surface area contributed by atoms with Gasteiger partial charge in [-0.1, -0.05) is 44.6 Å². The number of amides is 3. The maximum absolute atomic E-state index is 14.7. The molecule has 14 heteroatoms. The predicted molar refractivity (Wildman–Crippen MR) is 210 cm³/mol. The average Bonchev–Trinajstić information content (AvgIpc) is 3.95. The molecule has 56 heavy (non-hydrogen) atoms. The van der Waals surface area contributed by atoms with Gasteiger partial charge in [0.15, 0.2) is 5.58 Å². The summed E-state index contributed by atoms with van der Waals surface area (Å²) in [5.74, 6) is -1.58. The van der Waals surface area contributed by atoms with E-state index in [1.54, 1.807) is 31.4 Å². The van der Waals surface area contributed by atoms with Crippen LogP contribution in [-0.4, -0.2) is 72.8 Å². The number of aromatic nitrogens is 2. The van der Waals surface area contributed by atoms with Gasteiger partial charge in [0.25, 0.3) is 21.9 Å². The lowest BCUT2D eigenvalue weighted by Crippen LogP contribution is -2.58. The van der Waals surface area contributed by atoms with Crippen LogP contribution in [0.3, 0.4) is 0 Å². The van der Waals surface area contributed by atoms with Gasteiger partial charge in [0.05, 0.1) is 18.5 Å². The number of aryl methyl sites for hydroxylation is 1. The largest absolute Gasteiger partial charge is 0.497 e. The van der Waals surface area contributed by atoms with Crippen molar-refractivity contribution in [3.05, 3.63) is 60.3 Å². The number of anilines is 1. The van der Waals surface area contributed by atoms with Crippen molar-refractivity contribution >= 4 is 55.8 Å². The monoisotopic (exact) mass is 782 g/mol. The normalized spacial score (nSPS) is 28.3. The Labute approximate surface area is 326 Å². The van der Waals surface area contributed by atoms with Gasteiger partial charge in [0.2, 0.25) is 11.8 Å². The molecule has 2 aromatic carbocycles. The van der Waals surface area contributed by atoms with E-state index in [-0.39, 0.29) is 52.9 Å². The highest BCUT2D eigenvalue weighted by Gasteiger charge is 2.73. The van der Waals surface area contributed by atoms with Crippen LogP contribution in [0.4, 0.5) is 6.01 Å². The van der Waals surface area contributed by atoms with E-state index >= 15 is 0 Å². The Morgan fingerprint density at radius 2 is 1.89 bits per heavy atom. The Morgan fingerprint density at radius 1 is 1.07 bits per heavy atom. The van der Waals surface area contributed by atoms with Crippen molar-refractivity contribution in [1.29, 1.82) is 0 Å². The maximum Gasteiger partial charge on any atom is 0.296 e. The number of carbonyl (C=O) groups excluding carboxylic acids is 3. The lowest BCUT2D eigenvalue weighted by atomic mass is 9.52. The second-order valence-corrected chi connectivity index (χ2v) is 18.8. The average molecular weight is 783 g/mol. The molecule has 296 valence electrons. The van der Waals surface area contributed by atoms with E-state index in [0.29, 0.717) is 28.9 Å². The number of ether oxygens (including phenoxy) is 1. The zero-order chi connectivity index (χ0) is 39.0. The molecule has 9 rings (SSSR count). The van der Waals surface area contributed by atoms with E-state index in [0.717, 1.165) is 68.9 Å². The molecule has 2 aliphatic heterocycles. The standard InChI is InChI=1S/C42H50N6O7S/c1-25(2)34(45-39-44-31-21-29(54-3)14-15-32(31)55-39)37(50)48-23-30(41(24-48)19-18-40(41)16-17-40)36(49)46-42-22-27(42)11-7-5-4-6-8-12-28-20-26-10-9-13-33(35(26)43-28)56(52,53)47-38(42)51/h7,9-11,13-15,20-21,25,27,30,34,43H,4-6,8,12,16-19,22-24H2,1-3H3,(H,44,45)(H,46,49)(H,47,51)/t27-,30-,34?,41+,42-/m1/s1. The number of likely N-dealkylation sites (tertiary alicyclic amines) is 1. The van der Waals surface area contributed by atoms with Crippen LogP contribution in [0.1, 0.15) is 77.3 Å². The minimum Gasteiger partial charge on any atom is -0.497 e. The van der Waals surface area contributed by atoms with E-state index in [9.17, 15) is 22.8 Å². The number of hydrogen-bond donors (Lipinski definition) is 4. The highest BCUT2D eigenvalue weighted by molar-refractivity contribution is 7.90. The van der Waals surface area contributed by atoms with Gasteiger partial charge in [0.1, 0.15) is 27.7 Å². The molecule has 0 radical (unpaired) electrons. The number of fused-ring (bicyclic) bond motifs is 4. The summed E-state index contributed by atoms with van der Waals surface area (Å²) >= 11 is 0. The van der Waals surface area contributed by atoms with Crippen molar-refractivity contribution in [2.24, 2.45) is 28.6 Å². The highest BCUT2D eigenvalue weighted by Crippen LogP contribution is 2.75. The number of carbonyl (C=O) groups is 3. The Hall–Kier alpha value is -4.85. The molecule has 2 spiro atoms. The molecule has 4 N–H and O–H groups in total. The summed E-state index contributed by atoms with van der Waals surface area (Å²) in [6, 6.07) is 11.9. The SMILES string of the molecule is COc1ccc2oc(NC(C(=O)N3C[C@H](C(=O)N[C@]45C[C@H]4C=CCCCCCc4cc6cccc(c6[nH]4)S(=O)(=O)NC5=O)[C@]4(CCC45CC5)C3)C(C)C)nc2c1. The zero-order valence-corrected chi connectivity index (χ0v) is 33.0. The van der Waals surface area contributed by atoms with Crippen LogP contribution >= 0.6 is 0 Å². The van der Waals surface area contributed by atoms with Crippen LogP contribution in [0.2, 0.25) is 0 Å². The van der Waals surface area contributed by atoms with Gasteiger partial charge in [-0.15, -0.1) is 0 Å². The summed E-state index contributed by atoms with van der Waals surface area (Å²) < 4.78 is 41.5. The second-order valence-electron chi connectivity index (χ2n) is 17.2. The maximum atomic E-state index is 14.7. The van der Waals surface area contributed by atoms with Crippen molar-refractivity contribution in [2.75, 3.05) is 25.5 Å². The van der Waals surface area contributed by atoms with Crippen molar-refractivity contribution in [3.63, 3.8) is 0 Å². The lowest BCUT2D eigenvalue weighted by Gasteiger charge is -2.51. The number of allylic oxidation sites excluding steroid dienone is 1. The van der Waals surface area contributed by atoms with Gasteiger partial charge in [-0.3, -0.25) is 14.4 Å². The number of aromatic amines is 1. The lowest BCUT2D eigenvalue weighted by molar-refractivity contribution is -0.138. The fourth-order valence-corrected chi connectivity index (χ4v) is 11.2. The number of oxazole rings is 1. The van der Waals surface area contributed by atoms with Gasteiger partial charge in [-0.25, -0.2) is 13.1 Å². The van der Waals surface area contributed by atoms with Gasteiger partial charge in [-0.05, 0) is 93.4 Å². The molecule has 4 aromatic rings. The van der Waals surface area contributed by atoms with Crippen molar-refractivity contribution in [1.82, 2.24) is 24.9 Å². The van der Waals surface area contributed by atoms with Gasteiger partial charge in [0, 0.05) is 41.6 Å². The number of para-hydroxylation sites is 1.